The van der Waals surface area contributed by atoms with Gasteiger partial charge in [-0.05, 0) is 41.6 Å². The maximum absolute atomic E-state index is 12.4. The Morgan fingerprint density at radius 2 is 1.77 bits per heavy atom. The van der Waals surface area contributed by atoms with Crippen LogP contribution in [0.3, 0.4) is 0 Å². The monoisotopic (exact) mass is 358 g/mol. The van der Waals surface area contributed by atoms with E-state index >= 15 is 0 Å². The van der Waals surface area contributed by atoms with Gasteiger partial charge in [0.15, 0.2) is 0 Å². The van der Waals surface area contributed by atoms with E-state index in [0.29, 0.717) is 13.1 Å². The van der Waals surface area contributed by atoms with E-state index in [2.05, 4.69) is 6.07 Å². The van der Waals surface area contributed by atoms with Gasteiger partial charge in [0.25, 0.3) is 0 Å². The van der Waals surface area contributed by atoms with Gasteiger partial charge < -0.3 is 14.7 Å². The summed E-state index contributed by atoms with van der Waals surface area (Å²) in [6.07, 6.45) is 0. The predicted octanol–water partition coefficient (Wildman–Crippen LogP) is 2.46. The molecule has 0 aliphatic rings. The fourth-order valence-corrected chi connectivity index (χ4v) is 2.82. The summed E-state index contributed by atoms with van der Waals surface area (Å²) in [5.41, 5.74) is 1.04. The standard InChI is InChI=1S/C20H26N2O4/c1-14(20(24)25)11-21(2)13-19(23)22(3)12-15-5-6-17-10-18(26-4)8-7-16(17)9-15/h5-10,14H,11-13H2,1-4H3,(H,24,25). The summed E-state index contributed by atoms with van der Waals surface area (Å²) in [5, 5.41) is 11.1. The molecule has 0 bridgehead atoms. The number of rotatable bonds is 8. The van der Waals surface area contributed by atoms with E-state index in [1.807, 2.05) is 30.3 Å². The largest absolute Gasteiger partial charge is 0.497 e. The summed E-state index contributed by atoms with van der Waals surface area (Å²) in [6.45, 7) is 2.67. The maximum atomic E-state index is 12.4. The molecule has 1 amide bonds. The number of carboxylic acids is 1. The topological polar surface area (TPSA) is 70.1 Å². The van der Waals surface area contributed by atoms with Gasteiger partial charge in [0.05, 0.1) is 19.6 Å². The molecule has 6 nitrogen and oxygen atoms in total. The highest BCUT2D eigenvalue weighted by molar-refractivity contribution is 5.84. The lowest BCUT2D eigenvalue weighted by Gasteiger charge is -2.23. The number of fused-ring (bicyclic) bond motifs is 1. The van der Waals surface area contributed by atoms with Crippen LogP contribution in [0, 0.1) is 5.92 Å². The van der Waals surface area contributed by atoms with Gasteiger partial charge in [0.2, 0.25) is 5.91 Å². The minimum atomic E-state index is -0.856. The normalized spacial score (nSPS) is 12.2. The third kappa shape index (κ3) is 5.20. The van der Waals surface area contributed by atoms with Crippen molar-refractivity contribution in [2.24, 2.45) is 5.92 Å². The molecule has 1 N–H and O–H groups in total. The average molecular weight is 358 g/mol. The van der Waals surface area contributed by atoms with Gasteiger partial charge in [-0.15, -0.1) is 0 Å². The molecule has 26 heavy (non-hydrogen) atoms. The van der Waals surface area contributed by atoms with Crippen LogP contribution < -0.4 is 4.74 Å². The van der Waals surface area contributed by atoms with Gasteiger partial charge in [0, 0.05) is 20.1 Å². The number of amides is 1. The molecule has 0 heterocycles. The number of methoxy groups -OCH3 is 1. The maximum Gasteiger partial charge on any atom is 0.307 e. The molecular formula is C20H26N2O4. The van der Waals surface area contributed by atoms with Crippen LogP contribution in [0.15, 0.2) is 36.4 Å². The predicted molar refractivity (Wildman–Crippen MR) is 101 cm³/mol. The summed E-state index contributed by atoms with van der Waals surface area (Å²) >= 11 is 0. The number of aliphatic carboxylic acids is 1. The third-order valence-corrected chi connectivity index (χ3v) is 4.37. The van der Waals surface area contributed by atoms with E-state index in [1.165, 1.54) is 0 Å². The van der Waals surface area contributed by atoms with E-state index in [1.54, 1.807) is 37.9 Å². The number of hydrogen-bond donors (Lipinski definition) is 1. The van der Waals surface area contributed by atoms with Crippen molar-refractivity contribution >= 4 is 22.6 Å². The van der Waals surface area contributed by atoms with E-state index < -0.39 is 11.9 Å². The average Bonchev–Trinajstić information content (AvgIpc) is 2.60. The third-order valence-electron chi connectivity index (χ3n) is 4.37. The molecule has 0 aromatic heterocycles. The fourth-order valence-electron chi connectivity index (χ4n) is 2.82. The van der Waals surface area contributed by atoms with Gasteiger partial charge >= 0.3 is 5.97 Å². The zero-order chi connectivity index (χ0) is 19.3. The lowest BCUT2D eigenvalue weighted by Crippen LogP contribution is -2.38. The Hall–Kier alpha value is -2.60. The molecule has 2 aromatic rings. The zero-order valence-electron chi connectivity index (χ0n) is 15.7. The first-order valence-corrected chi connectivity index (χ1v) is 8.52. The van der Waals surface area contributed by atoms with Crippen molar-refractivity contribution < 1.29 is 19.4 Å². The Balaban J connectivity index is 1.97. The van der Waals surface area contributed by atoms with Crippen molar-refractivity contribution in [1.29, 1.82) is 0 Å². The van der Waals surface area contributed by atoms with Crippen LogP contribution in [-0.2, 0) is 16.1 Å². The summed E-state index contributed by atoms with van der Waals surface area (Å²) in [7, 11) is 5.16. The van der Waals surface area contributed by atoms with Crippen molar-refractivity contribution in [1.82, 2.24) is 9.80 Å². The number of ether oxygens (including phenoxy) is 1. The molecule has 1 atom stereocenters. The molecule has 2 rings (SSSR count). The van der Waals surface area contributed by atoms with E-state index in [9.17, 15) is 9.59 Å². The number of carbonyl (C=O) groups excluding carboxylic acids is 1. The molecule has 0 saturated heterocycles. The molecule has 0 fully saturated rings. The smallest absolute Gasteiger partial charge is 0.307 e. The second-order valence-corrected chi connectivity index (χ2v) is 6.73. The van der Waals surface area contributed by atoms with Crippen molar-refractivity contribution in [3.63, 3.8) is 0 Å². The number of carboxylic acid groups (broad SMARTS) is 1. The molecule has 0 aliphatic carbocycles. The number of hydrogen-bond acceptors (Lipinski definition) is 4. The molecule has 0 aliphatic heterocycles. The quantitative estimate of drug-likeness (QED) is 0.785. The van der Waals surface area contributed by atoms with Crippen molar-refractivity contribution in [2.45, 2.75) is 13.5 Å². The Kier molecular flexibility index (Phi) is 6.58. The van der Waals surface area contributed by atoms with Crippen LogP contribution in [0.2, 0.25) is 0 Å². The molecule has 0 radical (unpaired) electrons. The van der Waals surface area contributed by atoms with Crippen molar-refractivity contribution in [3.05, 3.63) is 42.0 Å². The minimum absolute atomic E-state index is 0.0417. The molecule has 2 aromatic carbocycles. The van der Waals surface area contributed by atoms with E-state index in [0.717, 1.165) is 22.1 Å². The van der Waals surface area contributed by atoms with Gasteiger partial charge in [0.1, 0.15) is 5.75 Å². The van der Waals surface area contributed by atoms with Crippen LogP contribution in [-0.4, -0.2) is 61.1 Å². The zero-order valence-corrected chi connectivity index (χ0v) is 15.7. The number of likely N-dealkylation sites (N-methyl/N-ethyl adjacent to an activating group) is 2. The van der Waals surface area contributed by atoms with Crippen LogP contribution in [0.25, 0.3) is 10.8 Å². The second kappa shape index (κ2) is 8.67. The first kappa shape index (κ1) is 19.7. The SMILES string of the molecule is COc1ccc2cc(CN(C)C(=O)CN(C)CC(C)C(=O)O)ccc2c1. The Morgan fingerprint density at radius 3 is 2.42 bits per heavy atom. The molecule has 140 valence electrons. The summed E-state index contributed by atoms with van der Waals surface area (Å²) in [4.78, 5) is 26.7. The second-order valence-electron chi connectivity index (χ2n) is 6.73. The lowest BCUT2D eigenvalue weighted by molar-refractivity contribution is -0.142. The van der Waals surface area contributed by atoms with Gasteiger partial charge in [-0.2, -0.15) is 0 Å². The van der Waals surface area contributed by atoms with Gasteiger partial charge in [-0.3, -0.25) is 14.5 Å². The van der Waals surface area contributed by atoms with E-state index in [-0.39, 0.29) is 12.5 Å². The first-order valence-electron chi connectivity index (χ1n) is 8.52. The molecule has 0 spiro atoms. The first-order chi connectivity index (χ1) is 12.3. The highest BCUT2D eigenvalue weighted by Crippen LogP contribution is 2.22. The number of nitrogens with zero attached hydrogens (tertiary/aromatic N) is 2. The molecular weight excluding hydrogens is 332 g/mol. The Bertz CT molecular complexity index is 790. The Labute approximate surface area is 154 Å². The summed E-state index contributed by atoms with van der Waals surface area (Å²) in [5.74, 6) is -0.586. The number of carbonyl (C=O) groups is 2. The van der Waals surface area contributed by atoms with Crippen molar-refractivity contribution in [2.75, 3.05) is 34.3 Å². The highest BCUT2D eigenvalue weighted by atomic mass is 16.5. The Morgan fingerprint density at radius 1 is 1.12 bits per heavy atom. The summed E-state index contributed by atoms with van der Waals surface area (Å²) < 4.78 is 5.23. The fraction of sp³-hybridized carbons (Fsp3) is 0.400. The van der Waals surface area contributed by atoms with Crippen LogP contribution in [0.5, 0.6) is 5.75 Å². The van der Waals surface area contributed by atoms with Crippen LogP contribution in [0.4, 0.5) is 0 Å². The van der Waals surface area contributed by atoms with Crippen LogP contribution >= 0.6 is 0 Å². The van der Waals surface area contributed by atoms with Gasteiger partial charge in [-0.1, -0.05) is 25.1 Å². The lowest BCUT2D eigenvalue weighted by atomic mass is 10.1. The van der Waals surface area contributed by atoms with Crippen molar-refractivity contribution in [3.8, 4) is 5.75 Å². The summed E-state index contributed by atoms with van der Waals surface area (Å²) in [6, 6.07) is 12.0. The van der Waals surface area contributed by atoms with E-state index in [4.69, 9.17) is 9.84 Å². The number of benzene rings is 2. The van der Waals surface area contributed by atoms with Gasteiger partial charge in [-0.25, -0.2) is 0 Å². The molecule has 0 saturated carbocycles. The highest BCUT2D eigenvalue weighted by Gasteiger charge is 2.17. The minimum Gasteiger partial charge on any atom is -0.497 e. The van der Waals surface area contributed by atoms with Crippen LogP contribution in [0.1, 0.15) is 12.5 Å². The molecule has 6 heteroatoms. The molecule has 1 unspecified atom stereocenters.